The first-order valence-corrected chi connectivity index (χ1v) is 10.3. The van der Waals surface area contributed by atoms with Gasteiger partial charge in [0.05, 0.1) is 6.61 Å². The van der Waals surface area contributed by atoms with Crippen molar-refractivity contribution in [2.75, 3.05) is 73.2 Å². The first-order valence-electron chi connectivity index (χ1n) is 10.3. The van der Waals surface area contributed by atoms with E-state index in [0.717, 1.165) is 45.0 Å². The van der Waals surface area contributed by atoms with E-state index in [1.807, 2.05) is 4.90 Å². The first-order chi connectivity index (χ1) is 13.5. The minimum Gasteiger partial charge on any atom is -0.381 e. The summed E-state index contributed by atoms with van der Waals surface area (Å²) in [6, 6.07) is 0. The fraction of sp³-hybridized carbons (Fsp3) is 0.842. The molecule has 3 rings (SSSR count). The molecule has 9 nitrogen and oxygen atoms in total. The molecule has 3 saturated heterocycles. The van der Waals surface area contributed by atoms with Crippen molar-refractivity contribution in [2.24, 2.45) is 10.9 Å². The Labute approximate surface area is 167 Å². The normalized spacial score (nSPS) is 25.9. The van der Waals surface area contributed by atoms with Gasteiger partial charge in [-0.25, -0.2) is 4.99 Å². The summed E-state index contributed by atoms with van der Waals surface area (Å²) < 4.78 is 11.0. The molecule has 2 amide bonds. The number of hydrogen-bond donors (Lipinski definition) is 1. The quantitative estimate of drug-likeness (QED) is 0.493. The largest absolute Gasteiger partial charge is 0.381 e. The lowest BCUT2D eigenvalue weighted by molar-refractivity contribution is -0.142. The van der Waals surface area contributed by atoms with Crippen LogP contribution in [0.4, 0.5) is 0 Å². The number of piperazine rings is 1. The van der Waals surface area contributed by atoms with Crippen LogP contribution in [-0.4, -0.2) is 112 Å². The number of nitrogens with one attached hydrogen (secondary N) is 1. The zero-order valence-corrected chi connectivity index (χ0v) is 17.1. The molecule has 0 aromatic heterocycles. The standard InChI is InChI=1S/C19H33N5O4/c1-22(2)17(25)13-21-19(20-12-15-5-11-27-14-15)24-8-6-23(7-9-24)18(26)16-4-3-10-28-16/h15-16H,3-14H2,1-2H3,(H,20,21). The highest BCUT2D eigenvalue weighted by Crippen LogP contribution is 2.16. The van der Waals surface area contributed by atoms with Crippen LogP contribution in [0.2, 0.25) is 0 Å². The zero-order valence-electron chi connectivity index (χ0n) is 17.1. The highest BCUT2D eigenvalue weighted by atomic mass is 16.5. The predicted molar refractivity (Wildman–Crippen MR) is 105 cm³/mol. The molecule has 3 aliphatic heterocycles. The maximum absolute atomic E-state index is 12.5. The van der Waals surface area contributed by atoms with Gasteiger partial charge in [0.2, 0.25) is 5.91 Å². The first kappa shape index (κ1) is 20.9. The molecule has 0 saturated carbocycles. The van der Waals surface area contributed by atoms with Gasteiger partial charge in [-0.15, -0.1) is 0 Å². The Bertz CT molecular complexity index is 563. The van der Waals surface area contributed by atoms with Gasteiger partial charge in [0.1, 0.15) is 12.6 Å². The molecule has 0 radical (unpaired) electrons. The van der Waals surface area contributed by atoms with Crippen molar-refractivity contribution >= 4 is 17.8 Å². The van der Waals surface area contributed by atoms with E-state index in [0.29, 0.717) is 38.7 Å². The molecular weight excluding hydrogens is 362 g/mol. The maximum Gasteiger partial charge on any atom is 0.251 e. The Morgan fingerprint density at radius 2 is 1.86 bits per heavy atom. The highest BCUT2D eigenvalue weighted by Gasteiger charge is 2.31. The van der Waals surface area contributed by atoms with Gasteiger partial charge < -0.3 is 29.5 Å². The maximum atomic E-state index is 12.5. The Kier molecular flexibility index (Phi) is 7.50. The van der Waals surface area contributed by atoms with Crippen LogP contribution in [0.1, 0.15) is 19.3 Å². The van der Waals surface area contributed by atoms with Gasteiger partial charge in [-0.05, 0) is 19.3 Å². The molecule has 0 spiro atoms. The minimum atomic E-state index is -0.266. The van der Waals surface area contributed by atoms with Gasteiger partial charge in [0, 0.05) is 66.0 Å². The Balaban J connectivity index is 1.55. The van der Waals surface area contributed by atoms with Gasteiger partial charge in [0.25, 0.3) is 5.91 Å². The Morgan fingerprint density at radius 1 is 1.11 bits per heavy atom. The van der Waals surface area contributed by atoms with Crippen molar-refractivity contribution in [1.29, 1.82) is 0 Å². The molecule has 0 aliphatic carbocycles. The summed E-state index contributed by atoms with van der Waals surface area (Å²) in [5, 5.41) is 3.42. The molecule has 2 atom stereocenters. The summed E-state index contributed by atoms with van der Waals surface area (Å²) in [5.41, 5.74) is 0. The lowest BCUT2D eigenvalue weighted by Crippen LogP contribution is -2.55. The fourth-order valence-electron chi connectivity index (χ4n) is 3.65. The van der Waals surface area contributed by atoms with Crippen LogP contribution < -0.4 is 5.32 Å². The predicted octanol–water partition coefficient (Wildman–Crippen LogP) is -0.620. The molecule has 0 aromatic carbocycles. The molecule has 28 heavy (non-hydrogen) atoms. The number of guanidine groups is 1. The van der Waals surface area contributed by atoms with Crippen LogP contribution in [0.25, 0.3) is 0 Å². The summed E-state index contributed by atoms with van der Waals surface area (Å²) in [5.74, 6) is 1.29. The molecule has 3 heterocycles. The Hall–Kier alpha value is -1.87. The van der Waals surface area contributed by atoms with Crippen LogP contribution in [0, 0.1) is 5.92 Å². The van der Waals surface area contributed by atoms with Crippen molar-refractivity contribution in [3.05, 3.63) is 0 Å². The van der Waals surface area contributed by atoms with E-state index in [-0.39, 0.29) is 24.5 Å². The van der Waals surface area contributed by atoms with Crippen LogP contribution >= 0.6 is 0 Å². The second-order valence-corrected chi connectivity index (χ2v) is 7.85. The number of likely N-dealkylation sites (N-methyl/N-ethyl adjacent to an activating group) is 1. The molecule has 3 aliphatic rings. The fourth-order valence-corrected chi connectivity index (χ4v) is 3.65. The van der Waals surface area contributed by atoms with Gasteiger partial charge in [-0.2, -0.15) is 0 Å². The number of rotatable bonds is 5. The van der Waals surface area contributed by atoms with E-state index < -0.39 is 0 Å². The van der Waals surface area contributed by atoms with Gasteiger partial charge in [-0.1, -0.05) is 0 Å². The topological polar surface area (TPSA) is 86.7 Å². The van der Waals surface area contributed by atoms with Crippen molar-refractivity contribution < 1.29 is 19.1 Å². The molecule has 0 aromatic rings. The average molecular weight is 396 g/mol. The summed E-state index contributed by atoms with van der Waals surface area (Å²) in [7, 11) is 3.46. The van der Waals surface area contributed by atoms with Gasteiger partial charge in [0.15, 0.2) is 5.96 Å². The van der Waals surface area contributed by atoms with Crippen LogP contribution in [-0.2, 0) is 19.1 Å². The van der Waals surface area contributed by atoms with Crippen molar-refractivity contribution in [2.45, 2.75) is 25.4 Å². The van der Waals surface area contributed by atoms with Crippen molar-refractivity contribution in [1.82, 2.24) is 20.0 Å². The summed E-state index contributed by atoms with van der Waals surface area (Å²) in [6.07, 6.45) is 2.56. The van der Waals surface area contributed by atoms with Gasteiger partial charge >= 0.3 is 0 Å². The number of carbonyl (C=O) groups excluding carboxylic acids is 2. The van der Waals surface area contributed by atoms with E-state index in [9.17, 15) is 9.59 Å². The molecule has 3 fully saturated rings. The van der Waals surface area contributed by atoms with E-state index in [2.05, 4.69) is 15.2 Å². The van der Waals surface area contributed by atoms with Gasteiger partial charge in [-0.3, -0.25) is 9.59 Å². The van der Waals surface area contributed by atoms with Crippen LogP contribution in [0.15, 0.2) is 4.99 Å². The number of hydrogen-bond acceptors (Lipinski definition) is 5. The average Bonchev–Trinajstić information content (AvgIpc) is 3.41. The number of ether oxygens (including phenoxy) is 2. The lowest BCUT2D eigenvalue weighted by atomic mass is 10.1. The van der Waals surface area contributed by atoms with Crippen molar-refractivity contribution in [3.8, 4) is 0 Å². The van der Waals surface area contributed by atoms with Crippen molar-refractivity contribution in [3.63, 3.8) is 0 Å². The van der Waals surface area contributed by atoms with E-state index in [4.69, 9.17) is 9.47 Å². The number of aliphatic imine (C=N–C) groups is 1. The number of carbonyl (C=O) groups is 2. The summed E-state index contributed by atoms with van der Waals surface area (Å²) >= 11 is 0. The number of nitrogens with zero attached hydrogens (tertiary/aromatic N) is 4. The smallest absolute Gasteiger partial charge is 0.251 e. The zero-order chi connectivity index (χ0) is 19.9. The molecule has 1 N–H and O–H groups in total. The molecule has 9 heteroatoms. The van der Waals surface area contributed by atoms with Crippen LogP contribution in [0.3, 0.4) is 0 Å². The minimum absolute atomic E-state index is 0.0318. The third kappa shape index (κ3) is 5.57. The monoisotopic (exact) mass is 395 g/mol. The molecular formula is C19H33N5O4. The molecule has 2 unspecified atom stereocenters. The third-order valence-corrected chi connectivity index (χ3v) is 5.53. The van der Waals surface area contributed by atoms with Crippen LogP contribution in [0.5, 0.6) is 0 Å². The van der Waals surface area contributed by atoms with E-state index >= 15 is 0 Å². The Morgan fingerprint density at radius 3 is 2.46 bits per heavy atom. The highest BCUT2D eigenvalue weighted by molar-refractivity contribution is 5.85. The molecule has 158 valence electrons. The number of amides is 2. The second kappa shape index (κ2) is 10.1. The van der Waals surface area contributed by atoms with E-state index in [1.165, 1.54) is 0 Å². The van der Waals surface area contributed by atoms with E-state index in [1.54, 1.807) is 19.0 Å². The second-order valence-electron chi connectivity index (χ2n) is 7.85. The summed E-state index contributed by atoms with van der Waals surface area (Å²) in [6.45, 7) is 5.84. The molecule has 0 bridgehead atoms. The summed E-state index contributed by atoms with van der Waals surface area (Å²) in [4.78, 5) is 34.6. The third-order valence-electron chi connectivity index (χ3n) is 5.53. The SMILES string of the molecule is CN(C)C(=O)CN=C(NCC1CCOC1)N1CCN(C(=O)C2CCCO2)CC1. The lowest BCUT2D eigenvalue weighted by Gasteiger charge is -2.37.